The van der Waals surface area contributed by atoms with Crippen molar-refractivity contribution in [1.82, 2.24) is 14.4 Å². The SMILES string of the molecule is CC(C)(CBr)Cc1cnc2cnccn12. The van der Waals surface area contributed by atoms with Gasteiger partial charge in [0, 0.05) is 29.6 Å². The quantitative estimate of drug-likeness (QED) is 0.801. The third-order valence-electron chi connectivity index (χ3n) is 2.42. The van der Waals surface area contributed by atoms with Crippen molar-refractivity contribution >= 4 is 21.6 Å². The predicted octanol–water partition coefficient (Wildman–Crippen LogP) is 2.69. The second kappa shape index (κ2) is 3.93. The molecule has 0 aromatic carbocycles. The second-order valence-corrected chi connectivity index (χ2v) is 5.09. The Labute approximate surface area is 97.7 Å². The van der Waals surface area contributed by atoms with Gasteiger partial charge in [0.05, 0.1) is 6.20 Å². The Bertz CT molecular complexity index is 462. The van der Waals surface area contributed by atoms with Crippen LogP contribution in [0.15, 0.2) is 24.8 Å². The lowest BCUT2D eigenvalue weighted by atomic mass is 9.91. The fraction of sp³-hybridized carbons (Fsp3) is 0.455. The van der Waals surface area contributed by atoms with Crippen LogP contribution in [0.25, 0.3) is 5.65 Å². The van der Waals surface area contributed by atoms with Gasteiger partial charge in [0.2, 0.25) is 0 Å². The van der Waals surface area contributed by atoms with Crippen molar-refractivity contribution in [3.05, 3.63) is 30.5 Å². The topological polar surface area (TPSA) is 30.2 Å². The third-order valence-corrected chi connectivity index (χ3v) is 3.93. The van der Waals surface area contributed by atoms with Gasteiger partial charge < -0.3 is 4.40 Å². The monoisotopic (exact) mass is 267 g/mol. The summed E-state index contributed by atoms with van der Waals surface area (Å²) in [5, 5.41) is 0.984. The molecule has 15 heavy (non-hydrogen) atoms. The Hall–Kier alpha value is -0.900. The largest absolute Gasteiger partial charge is 0.301 e. The molecule has 2 aromatic rings. The molecule has 3 nitrogen and oxygen atoms in total. The van der Waals surface area contributed by atoms with E-state index in [2.05, 4.69) is 44.1 Å². The number of hydrogen-bond donors (Lipinski definition) is 0. The minimum Gasteiger partial charge on any atom is -0.301 e. The Morgan fingerprint density at radius 1 is 1.40 bits per heavy atom. The molecular formula is C11H14BrN3. The summed E-state index contributed by atoms with van der Waals surface area (Å²) in [5.74, 6) is 0. The average molecular weight is 268 g/mol. The van der Waals surface area contributed by atoms with Gasteiger partial charge in [-0.15, -0.1) is 0 Å². The maximum Gasteiger partial charge on any atom is 0.155 e. The molecule has 4 heteroatoms. The highest BCUT2D eigenvalue weighted by Crippen LogP contribution is 2.24. The molecule has 0 aliphatic rings. The normalized spacial score (nSPS) is 12.2. The van der Waals surface area contributed by atoms with E-state index in [1.54, 1.807) is 12.4 Å². The summed E-state index contributed by atoms with van der Waals surface area (Å²) < 4.78 is 2.09. The van der Waals surface area contributed by atoms with E-state index in [4.69, 9.17) is 0 Å². The first-order chi connectivity index (χ1) is 7.12. The van der Waals surface area contributed by atoms with Crippen molar-refractivity contribution in [3.63, 3.8) is 0 Å². The number of alkyl halides is 1. The highest BCUT2D eigenvalue weighted by Gasteiger charge is 2.18. The molecule has 80 valence electrons. The molecule has 0 amide bonds. The van der Waals surface area contributed by atoms with E-state index in [9.17, 15) is 0 Å². The van der Waals surface area contributed by atoms with Gasteiger partial charge in [-0.2, -0.15) is 0 Å². The van der Waals surface area contributed by atoms with E-state index < -0.39 is 0 Å². The summed E-state index contributed by atoms with van der Waals surface area (Å²) in [6.07, 6.45) is 8.47. The zero-order valence-corrected chi connectivity index (χ0v) is 10.5. The summed E-state index contributed by atoms with van der Waals surface area (Å²) in [4.78, 5) is 8.37. The second-order valence-electron chi connectivity index (χ2n) is 4.53. The molecule has 0 spiro atoms. The van der Waals surface area contributed by atoms with Crippen LogP contribution < -0.4 is 0 Å². The molecule has 0 fully saturated rings. The van der Waals surface area contributed by atoms with Crippen LogP contribution in [0.1, 0.15) is 19.5 Å². The molecule has 0 radical (unpaired) electrons. The number of halogens is 1. The molecule has 0 N–H and O–H groups in total. The predicted molar refractivity (Wildman–Crippen MR) is 64.3 cm³/mol. The highest BCUT2D eigenvalue weighted by molar-refractivity contribution is 9.09. The summed E-state index contributed by atoms with van der Waals surface area (Å²) in [5.41, 5.74) is 2.40. The number of aromatic nitrogens is 3. The van der Waals surface area contributed by atoms with Gasteiger partial charge >= 0.3 is 0 Å². The first-order valence-corrected chi connectivity index (χ1v) is 6.06. The van der Waals surface area contributed by atoms with Crippen molar-refractivity contribution in [3.8, 4) is 0 Å². The number of fused-ring (bicyclic) bond motifs is 1. The molecular weight excluding hydrogens is 254 g/mol. The molecule has 0 aliphatic carbocycles. The summed E-state index contributed by atoms with van der Waals surface area (Å²) in [6, 6.07) is 0. The van der Waals surface area contributed by atoms with Crippen molar-refractivity contribution < 1.29 is 0 Å². The highest BCUT2D eigenvalue weighted by atomic mass is 79.9. The fourth-order valence-corrected chi connectivity index (χ4v) is 1.76. The van der Waals surface area contributed by atoms with Gasteiger partial charge in [-0.25, -0.2) is 4.98 Å². The molecule has 0 saturated heterocycles. The zero-order valence-electron chi connectivity index (χ0n) is 8.94. The number of hydrogen-bond acceptors (Lipinski definition) is 2. The van der Waals surface area contributed by atoms with E-state index in [1.807, 2.05) is 12.4 Å². The molecule has 0 atom stereocenters. The number of nitrogens with zero attached hydrogens (tertiary/aromatic N) is 3. The van der Waals surface area contributed by atoms with Crippen LogP contribution in [0.5, 0.6) is 0 Å². The first kappa shape index (κ1) is 10.6. The van der Waals surface area contributed by atoms with Gasteiger partial charge in [-0.05, 0) is 11.8 Å². The van der Waals surface area contributed by atoms with Crippen molar-refractivity contribution in [2.24, 2.45) is 5.41 Å². The van der Waals surface area contributed by atoms with E-state index >= 15 is 0 Å². The van der Waals surface area contributed by atoms with Gasteiger partial charge in [0.25, 0.3) is 0 Å². The lowest BCUT2D eigenvalue weighted by Gasteiger charge is -2.20. The Balaban J connectivity index is 2.37. The molecule has 2 aromatic heterocycles. The van der Waals surface area contributed by atoms with Crippen molar-refractivity contribution in [2.75, 3.05) is 5.33 Å². The Morgan fingerprint density at radius 3 is 2.93 bits per heavy atom. The Kier molecular flexibility index (Phi) is 2.78. The van der Waals surface area contributed by atoms with Gasteiger partial charge in [-0.3, -0.25) is 4.98 Å². The van der Waals surface area contributed by atoms with Crippen LogP contribution in [0, 0.1) is 5.41 Å². The molecule has 0 bridgehead atoms. The molecule has 0 saturated carbocycles. The third kappa shape index (κ3) is 2.20. The molecule has 2 rings (SSSR count). The summed E-state index contributed by atoms with van der Waals surface area (Å²) in [6.45, 7) is 4.48. The average Bonchev–Trinajstić information content (AvgIpc) is 2.62. The fourth-order valence-electron chi connectivity index (χ4n) is 1.56. The molecule has 0 unspecified atom stereocenters. The smallest absolute Gasteiger partial charge is 0.155 e. The van der Waals surface area contributed by atoms with Crippen molar-refractivity contribution in [2.45, 2.75) is 20.3 Å². The van der Waals surface area contributed by atoms with E-state index in [0.717, 1.165) is 17.4 Å². The van der Waals surface area contributed by atoms with Gasteiger partial charge in [0.15, 0.2) is 5.65 Å². The van der Waals surface area contributed by atoms with Crippen molar-refractivity contribution in [1.29, 1.82) is 0 Å². The Morgan fingerprint density at radius 2 is 2.20 bits per heavy atom. The lowest BCUT2D eigenvalue weighted by Crippen LogP contribution is -2.17. The molecule has 0 aliphatic heterocycles. The standard InChI is InChI=1S/C11H14BrN3/c1-11(2,8-12)5-9-6-14-10-7-13-3-4-15(9)10/h3-4,6-7H,5,8H2,1-2H3. The minimum atomic E-state index is 0.249. The maximum absolute atomic E-state index is 4.32. The van der Waals surface area contributed by atoms with Crippen LogP contribution in [-0.4, -0.2) is 19.7 Å². The summed E-state index contributed by atoms with van der Waals surface area (Å²) >= 11 is 3.54. The zero-order chi connectivity index (χ0) is 10.9. The lowest BCUT2D eigenvalue weighted by molar-refractivity contribution is 0.418. The maximum atomic E-state index is 4.32. The van der Waals surface area contributed by atoms with Crippen LogP contribution in [-0.2, 0) is 6.42 Å². The summed E-state index contributed by atoms with van der Waals surface area (Å²) in [7, 11) is 0. The minimum absolute atomic E-state index is 0.249. The van der Waals surface area contributed by atoms with E-state index in [0.29, 0.717) is 0 Å². The van der Waals surface area contributed by atoms with Gasteiger partial charge in [-0.1, -0.05) is 29.8 Å². The first-order valence-electron chi connectivity index (χ1n) is 4.94. The number of rotatable bonds is 3. The van der Waals surface area contributed by atoms with E-state index in [1.165, 1.54) is 5.69 Å². The number of imidazole rings is 1. The van der Waals surface area contributed by atoms with Crippen LogP contribution in [0.4, 0.5) is 0 Å². The van der Waals surface area contributed by atoms with Gasteiger partial charge in [0.1, 0.15) is 0 Å². The van der Waals surface area contributed by atoms with Crippen LogP contribution >= 0.6 is 15.9 Å². The molecule has 2 heterocycles. The van der Waals surface area contributed by atoms with Crippen LogP contribution in [0.3, 0.4) is 0 Å². The van der Waals surface area contributed by atoms with E-state index in [-0.39, 0.29) is 5.41 Å². The van der Waals surface area contributed by atoms with Crippen LogP contribution in [0.2, 0.25) is 0 Å².